The molecule has 4 heteroatoms. The van der Waals surface area contributed by atoms with Gasteiger partial charge in [-0.25, -0.2) is 0 Å². The van der Waals surface area contributed by atoms with E-state index in [2.05, 4.69) is 19.2 Å². The lowest BCUT2D eigenvalue weighted by Gasteiger charge is -2.07. The maximum atomic E-state index is 12.1. The summed E-state index contributed by atoms with van der Waals surface area (Å²) >= 11 is 0. The van der Waals surface area contributed by atoms with Crippen molar-refractivity contribution in [3.8, 4) is 0 Å². The van der Waals surface area contributed by atoms with Crippen molar-refractivity contribution >= 4 is 11.9 Å². The van der Waals surface area contributed by atoms with Gasteiger partial charge in [-0.2, -0.15) is 0 Å². The van der Waals surface area contributed by atoms with Crippen LogP contribution in [0.4, 0.5) is 0 Å². The number of ether oxygens (including phenoxy) is 1. The Morgan fingerprint density at radius 2 is 0.580 bits per heavy atom. The molecule has 0 spiro atoms. The lowest BCUT2D eigenvalue weighted by molar-refractivity contribution is -0.144. The molecule has 0 atom stereocenters. The molecule has 0 aromatic heterocycles. The number of hydrogen-bond acceptors (Lipinski definition) is 3. The Hall–Kier alpha value is -1.06. The van der Waals surface area contributed by atoms with Gasteiger partial charge >= 0.3 is 5.97 Å². The zero-order valence-corrected chi connectivity index (χ0v) is 34.4. The second kappa shape index (κ2) is 44.1. The molecule has 0 aliphatic carbocycles. The van der Waals surface area contributed by atoms with E-state index in [1.165, 1.54) is 218 Å². The molecule has 0 saturated heterocycles. The van der Waals surface area contributed by atoms with Gasteiger partial charge in [0.05, 0.1) is 6.54 Å². The fourth-order valence-electron chi connectivity index (χ4n) is 7.23. The van der Waals surface area contributed by atoms with Crippen molar-refractivity contribution in [2.75, 3.05) is 13.2 Å². The molecular formula is C46H91NO3. The minimum Gasteiger partial charge on any atom is -0.464 e. The molecule has 0 heterocycles. The van der Waals surface area contributed by atoms with E-state index in [9.17, 15) is 9.59 Å². The van der Waals surface area contributed by atoms with Crippen molar-refractivity contribution in [2.24, 2.45) is 0 Å². The molecule has 0 aliphatic rings. The third-order valence-corrected chi connectivity index (χ3v) is 10.7. The summed E-state index contributed by atoms with van der Waals surface area (Å²) in [5.41, 5.74) is 0. The Morgan fingerprint density at radius 1 is 0.340 bits per heavy atom. The van der Waals surface area contributed by atoms with Gasteiger partial charge in [-0.1, -0.05) is 245 Å². The molecule has 0 saturated carbocycles. The van der Waals surface area contributed by atoms with Crippen LogP contribution in [0.15, 0.2) is 0 Å². The van der Waals surface area contributed by atoms with E-state index in [1.54, 1.807) is 0 Å². The van der Waals surface area contributed by atoms with E-state index in [4.69, 9.17) is 4.74 Å². The molecule has 1 N–H and O–H groups in total. The van der Waals surface area contributed by atoms with E-state index < -0.39 is 0 Å². The van der Waals surface area contributed by atoms with Gasteiger partial charge in [0.25, 0.3) is 0 Å². The van der Waals surface area contributed by atoms with Crippen LogP contribution in [0, 0.1) is 0 Å². The highest BCUT2D eigenvalue weighted by Gasteiger charge is 2.05. The lowest BCUT2D eigenvalue weighted by Crippen LogP contribution is -2.27. The highest BCUT2D eigenvalue weighted by Crippen LogP contribution is 2.16. The van der Waals surface area contributed by atoms with E-state index >= 15 is 0 Å². The van der Waals surface area contributed by atoms with Crippen molar-refractivity contribution < 1.29 is 14.3 Å². The molecule has 0 aromatic carbocycles. The molecule has 0 aliphatic heterocycles. The average molecular weight is 706 g/mol. The number of hydrogen-bond donors (Lipinski definition) is 1. The molecular weight excluding hydrogens is 615 g/mol. The van der Waals surface area contributed by atoms with Gasteiger partial charge < -0.3 is 10.1 Å². The van der Waals surface area contributed by atoms with Crippen LogP contribution in [0.1, 0.15) is 271 Å². The maximum Gasteiger partial charge on any atom is 0.305 e. The average Bonchev–Trinajstić information content (AvgIpc) is 3.12. The molecule has 298 valence electrons. The number of amides is 1. The summed E-state index contributed by atoms with van der Waals surface area (Å²) in [5.74, 6) is -0.0307. The summed E-state index contributed by atoms with van der Waals surface area (Å²) in [6.45, 7) is 5.31. The van der Waals surface area contributed by atoms with Gasteiger partial charge in [-0.05, 0) is 12.8 Å². The van der Waals surface area contributed by atoms with E-state index in [0.717, 1.165) is 25.7 Å². The van der Waals surface area contributed by atoms with Crippen LogP contribution in [-0.2, 0) is 14.3 Å². The summed E-state index contributed by atoms with van der Waals surface area (Å²) in [4.78, 5) is 24.1. The molecule has 0 rings (SSSR count). The monoisotopic (exact) mass is 706 g/mol. The zero-order valence-electron chi connectivity index (χ0n) is 34.4. The quantitative estimate of drug-likeness (QED) is 0.0507. The Bertz CT molecular complexity index is 610. The number of carbonyl (C=O) groups is 2. The summed E-state index contributed by atoms with van der Waals surface area (Å²) in [6, 6.07) is 0. The van der Waals surface area contributed by atoms with Crippen molar-refractivity contribution in [2.45, 2.75) is 271 Å². The topological polar surface area (TPSA) is 55.4 Å². The number of carbonyl (C=O) groups excluding carboxylic acids is 2. The first kappa shape index (κ1) is 48.9. The van der Waals surface area contributed by atoms with Crippen molar-refractivity contribution in [3.63, 3.8) is 0 Å². The minimum absolute atomic E-state index is 0.0897. The van der Waals surface area contributed by atoms with Gasteiger partial charge in [-0.3, -0.25) is 9.59 Å². The SMILES string of the molecule is CCCCCCCCCCCCCCCCCCCCCC(=O)NCCOC(=O)CCCCCCCCCCCCCCCCCCCCC. The fraction of sp³-hybridized carbons (Fsp3) is 0.957. The normalized spacial score (nSPS) is 11.3. The van der Waals surface area contributed by atoms with Crippen LogP contribution in [0.25, 0.3) is 0 Å². The molecule has 4 nitrogen and oxygen atoms in total. The minimum atomic E-state index is -0.120. The van der Waals surface area contributed by atoms with Gasteiger partial charge in [0.15, 0.2) is 0 Å². The van der Waals surface area contributed by atoms with Gasteiger partial charge in [0.2, 0.25) is 5.91 Å². The van der Waals surface area contributed by atoms with Crippen LogP contribution in [-0.4, -0.2) is 25.0 Å². The lowest BCUT2D eigenvalue weighted by atomic mass is 10.0. The molecule has 50 heavy (non-hydrogen) atoms. The van der Waals surface area contributed by atoms with E-state index in [-0.39, 0.29) is 11.9 Å². The van der Waals surface area contributed by atoms with E-state index in [0.29, 0.717) is 26.0 Å². The Morgan fingerprint density at radius 3 is 0.860 bits per heavy atom. The Labute approximate surface area is 314 Å². The van der Waals surface area contributed by atoms with Crippen LogP contribution in [0.3, 0.4) is 0 Å². The van der Waals surface area contributed by atoms with Crippen LogP contribution < -0.4 is 5.32 Å². The zero-order chi connectivity index (χ0) is 36.3. The van der Waals surface area contributed by atoms with Crippen molar-refractivity contribution in [3.05, 3.63) is 0 Å². The van der Waals surface area contributed by atoms with Crippen LogP contribution in [0.2, 0.25) is 0 Å². The summed E-state index contributed by atoms with van der Waals surface area (Å²) < 4.78 is 5.32. The molecule has 0 aromatic rings. The predicted molar refractivity (Wildman–Crippen MR) is 220 cm³/mol. The molecule has 0 bridgehead atoms. The third kappa shape index (κ3) is 43.1. The van der Waals surface area contributed by atoms with Crippen LogP contribution >= 0.6 is 0 Å². The summed E-state index contributed by atoms with van der Waals surface area (Å²) in [7, 11) is 0. The highest BCUT2D eigenvalue weighted by molar-refractivity contribution is 5.75. The fourth-order valence-corrected chi connectivity index (χ4v) is 7.23. The standard InChI is InChI=1S/C46H91NO3/c1-3-5-7-9-11-13-15-17-19-21-23-25-27-29-31-33-35-37-39-41-45(48)47-43-44-50-46(49)42-40-38-36-34-32-30-28-26-24-22-20-18-16-14-12-10-8-6-4-2/h3-44H2,1-2H3,(H,47,48). The number of rotatable bonds is 43. The van der Waals surface area contributed by atoms with Gasteiger partial charge in [-0.15, -0.1) is 0 Å². The largest absolute Gasteiger partial charge is 0.464 e. The molecule has 0 unspecified atom stereocenters. The summed E-state index contributed by atoms with van der Waals surface area (Å²) in [5, 5.41) is 2.91. The van der Waals surface area contributed by atoms with Crippen molar-refractivity contribution in [1.82, 2.24) is 5.32 Å². The first-order chi connectivity index (χ1) is 24.7. The summed E-state index contributed by atoms with van der Waals surface area (Å²) in [6.07, 6.45) is 52.8. The first-order valence-corrected chi connectivity index (χ1v) is 23.1. The van der Waals surface area contributed by atoms with Crippen molar-refractivity contribution in [1.29, 1.82) is 0 Å². The number of unbranched alkanes of at least 4 members (excludes halogenated alkanes) is 36. The molecule has 0 fully saturated rings. The van der Waals surface area contributed by atoms with Gasteiger partial charge in [0, 0.05) is 12.8 Å². The third-order valence-electron chi connectivity index (χ3n) is 10.7. The molecule has 0 radical (unpaired) electrons. The second-order valence-corrected chi connectivity index (χ2v) is 15.8. The highest BCUT2D eigenvalue weighted by atomic mass is 16.5. The Kier molecular flexibility index (Phi) is 43.2. The predicted octanol–water partition coefficient (Wildman–Crippen LogP) is 15.3. The smallest absolute Gasteiger partial charge is 0.305 e. The van der Waals surface area contributed by atoms with Crippen LogP contribution in [0.5, 0.6) is 0 Å². The van der Waals surface area contributed by atoms with E-state index in [1.807, 2.05) is 0 Å². The Balaban J connectivity index is 3.24. The molecule has 1 amide bonds. The first-order valence-electron chi connectivity index (χ1n) is 23.1. The maximum absolute atomic E-state index is 12.1. The van der Waals surface area contributed by atoms with Gasteiger partial charge in [0.1, 0.15) is 6.61 Å². The number of nitrogens with one attached hydrogen (secondary N) is 1. The number of esters is 1. The second-order valence-electron chi connectivity index (χ2n) is 15.8.